The summed E-state index contributed by atoms with van der Waals surface area (Å²) in [6, 6.07) is 7.89. The van der Waals surface area contributed by atoms with Crippen LogP contribution in [0.1, 0.15) is 17.1 Å². The minimum absolute atomic E-state index is 0.0392. The minimum atomic E-state index is -4.72. The van der Waals surface area contributed by atoms with Gasteiger partial charge in [-0.3, -0.25) is 9.69 Å². The summed E-state index contributed by atoms with van der Waals surface area (Å²) < 4.78 is 63.9. The van der Waals surface area contributed by atoms with Crippen molar-refractivity contribution in [2.24, 2.45) is 0 Å². The monoisotopic (exact) mass is 604 g/mol. The number of alkyl halides is 3. The third-order valence-corrected chi connectivity index (χ3v) is 6.85. The van der Waals surface area contributed by atoms with Crippen LogP contribution in [0.4, 0.5) is 23.2 Å². The second kappa shape index (κ2) is 9.95. The van der Waals surface area contributed by atoms with Gasteiger partial charge in [0.15, 0.2) is 0 Å². The molecule has 1 amide bonds. The van der Waals surface area contributed by atoms with Crippen molar-refractivity contribution in [3.8, 4) is 22.7 Å². The van der Waals surface area contributed by atoms with Crippen molar-refractivity contribution in [2.75, 3.05) is 18.6 Å². The molecule has 13 heteroatoms. The highest BCUT2D eigenvalue weighted by molar-refractivity contribution is 9.10. The van der Waals surface area contributed by atoms with Crippen molar-refractivity contribution in [1.29, 1.82) is 0 Å². The molecule has 5 rings (SSSR count). The van der Waals surface area contributed by atoms with Gasteiger partial charge in [-0.15, -0.1) is 5.10 Å². The first-order valence-corrected chi connectivity index (χ1v) is 12.5. The summed E-state index contributed by atoms with van der Waals surface area (Å²) in [5.41, 5.74) is 2.17. The average Bonchev–Trinajstić information content (AvgIpc) is 3.47. The molecule has 1 aliphatic rings. The number of imidazole rings is 1. The fourth-order valence-corrected chi connectivity index (χ4v) is 4.87. The van der Waals surface area contributed by atoms with E-state index in [2.05, 4.69) is 31.2 Å². The Morgan fingerprint density at radius 2 is 1.85 bits per heavy atom. The maximum absolute atomic E-state index is 14.9. The fourth-order valence-electron chi connectivity index (χ4n) is 4.50. The van der Waals surface area contributed by atoms with Gasteiger partial charge in [0.1, 0.15) is 35.3 Å². The van der Waals surface area contributed by atoms with Crippen molar-refractivity contribution in [1.82, 2.24) is 24.5 Å². The topological polar surface area (TPSA) is 78.1 Å². The zero-order valence-corrected chi connectivity index (χ0v) is 22.5. The zero-order chi connectivity index (χ0) is 28.1. The number of nitrogens with zero attached hydrogens (tertiary/aromatic N) is 6. The Labute approximate surface area is 228 Å². The summed E-state index contributed by atoms with van der Waals surface area (Å²) in [5, 5.41) is 8.14. The van der Waals surface area contributed by atoms with E-state index in [0.717, 1.165) is 21.9 Å². The predicted octanol–water partition coefficient (Wildman–Crippen LogP) is 5.65. The first kappa shape index (κ1) is 26.6. The molecular weight excluding hydrogens is 584 g/mol. The molecule has 3 heterocycles. The first-order chi connectivity index (χ1) is 18.5. The van der Waals surface area contributed by atoms with Crippen LogP contribution in [0, 0.1) is 19.7 Å². The van der Waals surface area contributed by atoms with Crippen molar-refractivity contribution in [3.63, 3.8) is 0 Å². The summed E-state index contributed by atoms with van der Waals surface area (Å²) in [6.45, 7) is 2.16. The van der Waals surface area contributed by atoms with E-state index >= 15 is 0 Å². The molecule has 1 aliphatic heterocycles. The SMILES string of the molecule is COc1cc(-c2cn(C3=CCc4c(ccc(Br)c4F)N(CC(F)(F)F)C3=O)nn2)ccc1-n1cc(C)nc1C. The van der Waals surface area contributed by atoms with Gasteiger partial charge < -0.3 is 9.30 Å². The van der Waals surface area contributed by atoms with E-state index < -0.39 is 24.4 Å². The molecule has 0 N–H and O–H groups in total. The Morgan fingerprint density at radius 3 is 2.51 bits per heavy atom. The van der Waals surface area contributed by atoms with Gasteiger partial charge in [-0.1, -0.05) is 11.3 Å². The third-order valence-electron chi connectivity index (χ3n) is 6.24. The van der Waals surface area contributed by atoms with Crippen LogP contribution in [0.25, 0.3) is 22.6 Å². The summed E-state index contributed by atoms with van der Waals surface area (Å²) in [6.07, 6.45) is -0.196. The number of ether oxygens (including phenoxy) is 1. The molecular formula is C26H21BrF4N6O2. The third kappa shape index (κ3) is 5.05. The molecule has 0 saturated heterocycles. The minimum Gasteiger partial charge on any atom is -0.495 e. The van der Waals surface area contributed by atoms with Gasteiger partial charge in [0, 0.05) is 17.3 Å². The average molecular weight is 605 g/mol. The summed E-state index contributed by atoms with van der Waals surface area (Å²) in [5.74, 6) is -0.417. The highest BCUT2D eigenvalue weighted by Crippen LogP contribution is 2.36. The van der Waals surface area contributed by atoms with Gasteiger partial charge in [-0.2, -0.15) is 13.2 Å². The van der Waals surface area contributed by atoms with Gasteiger partial charge in [0.05, 0.1) is 34.8 Å². The number of fused-ring (bicyclic) bond motifs is 1. The molecule has 0 saturated carbocycles. The number of methoxy groups -OCH3 is 1. The normalized spacial score (nSPS) is 13.8. The number of halogens is 5. The van der Waals surface area contributed by atoms with Crippen molar-refractivity contribution < 1.29 is 27.1 Å². The predicted molar refractivity (Wildman–Crippen MR) is 139 cm³/mol. The molecule has 2 aromatic carbocycles. The van der Waals surface area contributed by atoms with Gasteiger partial charge in [0.2, 0.25) is 0 Å². The van der Waals surface area contributed by atoms with E-state index in [4.69, 9.17) is 4.74 Å². The Bertz CT molecular complexity index is 1630. The number of carbonyl (C=O) groups excluding carboxylic acids is 1. The van der Waals surface area contributed by atoms with E-state index in [1.807, 2.05) is 30.7 Å². The number of amides is 1. The van der Waals surface area contributed by atoms with E-state index in [0.29, 0.717) is 21.9 Å². The number of hydrogen-bond donors (Lipinski definition) is 0. The molecule has 39 heavy (non-hydrogen) atoms. The molecule has 0 spiro atoms. The molecule has 0 aliphatic carbocycles. The lowest BCUT2D eigenvalue weighted by Gasteiger charge is -2.25. The maximum Gasteiger partial charge on any atom is 0.406 e. The van der Waals surface area contributed by atoms with Crippen LogP contribution in [0.3, 0.4) is 0 Å². The van der Waals surface area contributed by atoms with Crippen molar-refractivity contribution >= 4 is 33.2 Å². The lowest BCUT2D eigenvalue weighted by molar-refractivity contribution is -0.129. The Balaban J connectivity index is 1.52. The quantitative estimate of drug-likeness (QED) is 0.275. The molecule has 202 valence electrons. The Kier molecular flexibility index (Phi) is 6.79. The van der Waals surface area contributed by atoms with Crippen LogP contribution in [0.5, 0.6) is 5.75 Å². The fraction of sp³-hybridized carbons (Fsp3) is 0.231. The van der Waals surface area contributed by atoms with Gasteiger partial charge in [0.25, 0.3) is 5.91 Å². The second-order valence-electron chi connectivity index (χ2n) is 8.89. The highest BCUT2D eigenvalue weighted by Gasteiger charge is 2.38. The van der Waals surface area contributed by atoms with Crippen LogP contribution in [-0.2, 0) is 11.2 Å². The molecule has 4 aromatic rings. The first-order valence-electron chi connectivity index (χ1n) is 11.7. The maximum atomic E-state index is 14.9. The number of aryl methyl sites for hydroxylation is 2. The van der Waals surface area contributed by atoms with Crippen molar-refractivity contribution in [2.45, 2.75) is 26.4 Å². The molecule has 2 aromatic heterocycles. The molecule has 0 atom stereocenters. The van der Waals surface area contributed by atoms with E-state index in [-0.39, 0.29) is 27.8 Å². The lowest BCUT2D eigenvalue weighted by Crippen LogP contribution is -2.40. The van der Waals surface area contributed by atoms with Crippen LogP contribution in [-0.4, -0.2) is 50.3 Å². The van der Waals surface area contributed by atoms with E-state index in [1.165, 1.54) is 31.5 Å². The van der Waals surface area contributed by atoms with Gasteiger partial charge in [-0.05, 0) is 66.5 Å². The number of rotatable bonds is 5. The number of aromatic nitrogens is 5. The second-order valence-corrected chi connectivity index (χ2v) is 9.75. The van der Waals surface area contributed by atoms with Crippen LogP contribution in [0.2, 0.25) is 0 Å². The largest absolute Gasteiger partial charge is 0.495 e. The smallest absolute Gasteiger partial charge is 0.406 e. The van der Waals surface area contributed by atoms with E-state index in [1.54, 1.807) is 12.1 Å². The molecule has 0 unspecified atom stereocenters. The van der Waals surface area contributed by atoms with E-state index in [9.17, 15) is 22.4 Å². The lowest BCUT2D eigenvalue weighted by atomic mass is 10.1. The summed E-state index contributed by atoms with van der Waals surface area (Å²) in [4.78, 5) is 18.3. The highest BCUT2D eigenvalue weighted by atomic mass is 79.9. The number of hydrogen-bond acceptors (Lipinski definition) is 5. The standard InChI is InChI=1S/C26H21BrF4N6O2/c1-14-11-35(15(2)32-14)21-7-4-16(10-23(21)39-3)19-12-37(34-33-19)22-8-5-17-20(9-6-18(27)24(17)28)36(25(22)38)13-26(29,30)31/h4,6-12H,5,13H2,1-3H3. The molecule has 8 nitrogen and oxygen atoms in total. The molecule has 0 radical (unpaired) electrons. The van der Waals surface area contributed by atoms with Crippen LogP contribution < -0.4 is 9.64 Å². The van der Waals surface area contributed by atoms with Crippen LogP contribution >= 0.6 is 15.9 Å². The number of benzene rings is 2. The summed E-state index contributed by atoms with van der Waals surface area (Å²) in [7, 11) is 1.53. The van der Waals surface area contributed by atoms with Crippen molar-refractivity contribution in [3.05, 3.63) is 76.2 Å². The Morgan fingerprint density at radius 1 is 1.10 bits per heavy atom. The number of anilines is 1. The molecule has 0 fully saturated rings. The molecule has 0 bridgehead atoms. The Hall–Kier alpha value is -4.00. The van der Waals surface area contributed by atoms with Crippen LogP contribution in [0.15, 0.2) is 53.3 Å². The van der Waals surface area contributed by atoms with Gasteiger partial charge >= 0.3 is 6.18 Å². The zero-order valence-electron chi connectivity index (χ0n) is 20.9. The number of allylic oxidation sites excluding steroid dienone is 1. The van der Waals surface area contributed by atoms with Gasteiger partial charge in [-0.25, -0.2) is 14.1 Å². The summed E-state index contributed by atoms with van der Waals surface area (Å²) >= 11 is 3.06. The number of carbonyl (C=O) groups is 1.